The largest absolute Gasteiger partial charge is 0.339 e. The molecule has 0 atom stereocenters. The maximum Gasteiger partial charge on any atom is 0.227 e. The van der Waals surface area contributed by atoms with Crippen molar-refractivity contribution >= 4 is 23.2 Å². The van der Waals surface area contributed by atoms with Crippen molar-refractivity contribution in [2.75, 3.05) is 5.32 Å². The summed E-state index contributed by atoms with van der Waals surface area (Å²) in [6.07, 6.45) is 0.650. The summed E-state index contributed by atoms with van der Waals surface area (Å²) in [6.45, 7) is 1.89. The normalized spacial score (nSPS) is 10.6. The molecule has 0 spiro atoms. The van der Waals surface area contributed by atoms with Gasteiger partial charge in [-0.2, -0.15) is 4.98 Å². The van der Waals surface area contributed by atoms with Crippen LogP contribution in [-0.4, -0.2) is 16.0 Å². The van der Waals surface area contributed by atoms with Crippen LogP contribution in [0.4, 0.5) is 5.69 Å². The Hall–Kier alpha value is -2.66. The first-order valence-corrected chi connectivity index (χ1v) is 7.93. The summed E-state index contributed by atoms with van der Waals surface area (Å²) >= 11 is 5.91. The molecule has 3 aromatic rings. The van der Waals surface area contributed by atoms with Gasteiger partial charge < -0.3 is 9.84 Å². The lowest BCUT2D eigenvalue weighted by Gasteiger charge is -2.07. The first-order chi connectivity index (χ1) is 11.6. The van der Waals surface area contributed by atoms with E-state index in [-0.39, 0.29) is 12.3 Å². The molecule has 0 saturated heterocycles. The van der Waals surface area contributed by atoms with Crippen LogP contribution in [0.25, 0.3) is 11.4 Å². The second-order valence-electron chi connectivity index (χ2n) is 5.39. The van der Waals surface area contributed by atoms with Crippen LogP contribution in [0.1, 0.15) is 17.9 Å². The zero-order chi connectivity index (χ0) is 16.9. The molecule has 0 aliphatic carbocycles. The molecule has 2 aromatic carbocycles. The van der Waals surface area contributed by atoms with Crippen LogP contribution in [0, 0.1) is 6.92 Å². The number of aryl methyl sites for hydroxylation is 2. The van der Waals surface area contributed by atoms with Gasteiger partial charge >= 0.3 is 0 Å². The number of nitrogens with one attached hydrogen (secondary N) is 1. The van der Waals surface area contributed by atoms with Gasteiger partial charge in [0, 0.05) is 29.1 Å². The van der Waals surface area contributed by atoms with Crippen molar-refractivity contribution in [1.82, 2.24) is 10.1 Å². The van der Waals surface area contributed by atoms with Gasteiger partial charge in [0.25, 0.3) is 0 Å². The zero-order valence-electron chi connectivity index (χ0n) is 13.1. The molecule has 24 heavy (non-hydrogen) atoms. The van der Waals surface area contributed by atoms with Crippen molar-refractivity contribution < 1.29 is 9.32 Å². The minimum absolute atomic E-state index is 0.111. The van der Waals surface area contributed by atoms with Crippen LogP contribution < -0.4 is 5.32 Å². The number of benzene rings is 2. The van der Waals surface area contributed by atoms with Crippen LogP contribution in [0.15, 0.2) is 53.1 Å². The van der Waals surface area contributed by atoms with Gasteiger partial charge in [-0.1, -0.05) is 47.1 Å². The van der Waals surface area contributed by atoms with Crippen LogP contribution in [-0.2, 0) is 11.2 Å². The number of aromatic nitrogens is 2. The zero-order valence-corrected chi connectivity index (χ0v) is 13.9. The Kier molecular flexibility index (Phi) is 4.91. The Morgan fingerprint density at radius 2 is 2.00 bits per heavy atom. The van der Waals surface area contributed by atoms with E-state index in [1.807, 2.05) is 37.3 Å². The number of carbonyl (C=O) groups excluding carboxylic acids is 1. The van der Waals surface area contributed by atoms with Gasteiger partial charge in [0.05, 0.1) is 0 Å². The monoisotopic (exact) mass is 341 g/mol. The average molecular weight is 342 g/mol. The molecule has 1 heterocycles. The van der Waals surface area contributed by atoms with Gasteiger partial charge in [-0.3, -0.25) is 4.79 Å². The van der Waals surface area contributed by atoms with E-state index >= 15 is 0 Å². The molecule has 0 unspecified atom stereocenters. The SMILES string of the molecule is Cc1cc(Cl)ccc1NC(=O)CCc1nc(-c2ccccc2)no1. The molecular formula is C18H16ClN3O2. The summed E-state index contributed by atoms with van der Waals surface area (Å²) in [7, 11) is 0. The van der Waals surface area contributed by atoms with Crippen molar-refractivity contribution in [3.05, 3.63) is 65.0 Å². The van der Waals surface area contributed by atoms with Gasteiger partial charge in [0.15, 0.2) is 0 Å². The van der Waals surface area contributed by atoms with Gasteiger partial charge in [-0.25, -0.2) is 0 Å². The summed E-state index contributed by atoms with van der Waals surface area (Å²) in [5.41, 5.74) is 2.55. The second kappa shape index (κ2) is 7.27. The third kappa shape index (κ3) is 4.00. The molecule has 1 N–H and O–H groups in total. The number of anilines is 1. The summed E-state index contributed by atoms with van der Waals surface area (Å²) in [6, 6.07) is 14.9. The maximum absolute atomic E-state index is 12.1. The van der Waals surface area contributed by atoms with Crippen molar-refractivity contribution in [3.8, 4) is 11.4 Å². The van der Waals surface area contributed by atoms with E-state index in [1.165, 1.54) is 0 Å². The molecule has 0 bridgehead atoms. The average Bonchev–Trinajstić information content (AvgIpc) is 3.05. The van der Waals surface area contributed by atoms with Crippen LogP contribution in [0.5, 0.6) is 0 Å². The molecule has 0 aliphatic heterocycles. The van der Waals surface area contributed by atoms with Gasteiger partial charge in [0.2, 0.25) is 17.6 Å². The van der Waals surface area contributed by atoms with Crippen molar-refractivity contribution in [2.24, 2.45) is 0 Å². The molecule has 3 rings (SSSR count). The molecular weight excluding hydrogens is 326 g/mol. The minimum Gasteiger partial charge on any atom is -0.339 e. The highest BCUT2D eigenvalue weighted by atomic mass is 35.5. The molecule has 0 fully saturated rings. The fourth-order valence-electron chi connectivity index (χ4n) is 2.26. The highest BCUT2D eigenvalue weighted by Gasteiger charge is 2.11. The third-order valence-electron chi connectivity index (χ3n) is 3.53. The van der Waals surface area contributed by atoms with E-state index in [4.69, 9.17) is 16.1 Å². The van der Waals surface area contributed by atoms with Crippen molar-refractivity contribution in [1.29, 1.82) is 0 Å². The Balaban J connectivity index is 1.58. The lowest BCUT2D eigenvalue weighted by molar-refractivity contribution is -0.116. The Labute approximate surface area is 144 Å². The number of carbonyl (C=O) groups is 1. The highest BCUT2D eigenvalue weighted by Crippen LogP contribution is 2.20. The fraction of sp³-hybridized carbons (Fsp3) is 0.167. The quantitative estimate of drug-likeness (QED) is 0.752. The Bertz CT molecular complexity index is 846. The summed E-state index contributed by atoms with van der Waals surface area (Å²) in [5.74, 6) is 0.858. The third-order valence-corrected chi connectivity index (χ3v) is 3.76. The van der Waals surface area contributed by atoms with Crippen molar-refractivity contribution in [2.45, 2.75) is 19.8 Å². The van der Waals surface area contributed by atoms with E-state index in [0.29, 0.717) is 23.2 Å². The molecule has 1 aromatic heterocycles. The summed E-state index contributed by atoms with van der Waals surface area (Å²) in [5, 5.41) is 7.44. The fourth-order valence-corrected chi connectivity index (χ4v) is 2.49. The van der Waals surface area contributed by atoms with E-state index in [2.05, 4.69) is 15.5 Å². The first kappa shape index (κ1) is 16.2. The van der Waals surface area contributed by atoms with E-state index in [0.717, 1.165) is 16.8 Å². The molecule has 1 amide bonds. The Morgan fingerprint density at radius 3 is 2.75 bits per heavy atom. The van der Waals surface area contributed by atoms with E-state index < -0.39 is 0 Å². The van der Waals surface area contributed by atoms with Gasteiger partial charge in [-0.05, 0) is 30.7 Å². The maximum atomic E-state index is 12.1. The first-order valence-electron chi connectivity index (χ1n) is 7.56. The number of rotatable bonds is 5. The summed E-state index contributed by atoms with van der Waals surface area (Å²) in [4.78, 5) is 16.4. The molecule has 0 aliphatic rings. The van der Waals surface area contributed by atoms with Gasteiger partial charge in [0.1, 0.15) is 0 Å². The topological polar surface area (TPSA) is 68.0 Å². The lowest BCUT2D eigenvalue weighted by atomic mass is 10.2. The number of nitrogens with zero attached hydrogens (tertiary/aromatic N) is 2. The lowest BCUT2D eigenvalue weighted by Crippen LogP contribution is -2.13. The molecule has 6 heteroatoms. The van der Waals surface area contributed by atoms with Crippen LogP contribution in [0.3, 0.4) is 0 Å². The second-order valence-corrected chi connectivity index (χ2v) is 5.82. The predicted molar refractivity (Wildman–Crippen MR) is 92.9 cm³/mol. The number of hydrogen-bond donors (Lipinski definition) is 1. The predicted octanol–water partition coefficient (Wildman–Crippen LogP) is 4.27. The van der Waals surface area contributed by atoms with Crippen molar-refractivity contribution in [3.63, 3.8) is 0 Å². The Morgan fingerprint density at radius 1 is 1.21 bits per heavy atom. The standard InChI is InChI=1S/C18H16ClN3O2/c1-12-11-14(19)7-8-15(12)20-16(23)9-10-17-21-18(22-24-17)13-5-3-2-4-6-13/h2-8,11H,9-10H2,1H3,(H,20,23). The van der Waals surface area contributed by atoms with Crippen LogP contribution >= 0.6 is 11.6 Å². The number of hydrogen-bond acceptors (Lipinski definition) is 4. The smallest absolute Gasteiger partial charge is 0.227 e. The van der Waals surface area contributed by atoms with E-state index in [9.17, 15) is 4.79 Å². The molecule has 5 nitrogen and oxygen atoms in total. The molecule has 0 radical (unpaired) electrons. The van der Waals surface area contributed by atoms with Gasteiger partial charge in [-0.15, -0.1) is 0 Å². The molecule has 0 saturated carbocycles. The highest BCUT2D eigenvalue weighted by molar-refractivity contribution is 6.30. The number of amides is 1. The minimum atomic E-state index is -0.111. The summed E-state index contributed by atoms with van der Waals surface area (Å²) < 4.78 is 5.20. The number of halogens is 1. The molecule has 122 valence electrons. The van der Waals surface area contributed by atoms with E-state index in [1.54, 1.807) is 18.2 Å². The van der Waals surface area contributed by atoms with Crippen LogP contribution in [0.2, 0.25) is 5.02 Å².